The zero-order valence-corrected chi connectivity index (χ0v) is 19.2. The Bertz CT molecular complexity index is 1220. The first-order valence-corrected chi connectivity index (χ1v) is 10.9. The van der Waals surface area contributed by atoms with E-state index in [1.807, 2.05) is 18.2 Å². The Morgan fingerprint density at radius 2 is 1.44 bits per heavy atom. The van der Waals surface area contributed by atoms with Crippen molar-refractivity contribution in [3.63, 3.8) is 0 Å². The molecule has 4 rings (SSSR count). The summed E-state index contributed by atoms with van der Waals surface area (Å²) in [6.45, 7) is 1.86. The van der Waals surface area contributed by atoms with Gasteiger partial charge in [0.1, 0.15) is 17.2 Å². The zero-order valence-electron chi connectivity index (χ0n) is 19.2. The third kappa shape index (κ3) is 5.18. The number of rotatable bonds is 4. The number of aromatic nitrogens is 1. The number of nitrogens with zero attached hydrogens (tertiary/aromatic N) is 3. The molecule has 1 aliphatic heterocycles. The molecule has 1 saturated heterocycles. The lowest BCUT2D eigenvalue weighted by molar-refractivity contribution is 0.0535. The average Bonchev–Trinajstić information content (AvgIpc) is 2.91. The van der Waals surface area contributed by atoms with Gasteiger partial charge >= 0.3 is 0 Å². The van der Waals surface area contributed by atoms with E-state index in [0.717, 1.165) is 0 Å². The second-order valence-corrected chi connectivity index (χ2v) is 7.69. The fourth-order valence-corrected chi connectivity index (χ4v) is 3.72. The Kier molecular flexibility index (Phi) is 7.09. The Morgan fingerprint density at radius 1 is 0.794 bits per heavy atom. The predicted octanol–water partition coefficient (Wildman–Crippen LogP) is 3.10. The molecular formula is C27H25N3O4. The van der Waals surface area contributed by atoms with E-state index >= 15 is 0 Å². The molecule has 0 N–H and O–H groups in total. The third-order valence-electron chi connectivity index (χ3n) is 5.63. The standard InChI is InChI=1S/C27H25N3O4/c1-33-24-11-7-20(8-12-24)26(31)29-15-17-30(18-16-29)27(32)22-9-13-25(34-2)21(19-22)6-10-23-5-3-4-14-28-23/h3-5,7-9,11-14,19H,15-18H2,1-2H3. The molecule has 0 radical (unpaired) electrons. The Morgan fingerprint density at radius 3 is 2.03 bits per heavy atom. The Hall–Kier alpha value is -4.31. The van der Waals surface area contributed by atoms with Gasteiger partial charge in [-0.1, -0.05) is 12.0 Å². The molecular weight excluding hydrogens is 430 g/mol. The smallest absolute Gasteiger partial charge is 0.254 e. The van der Waals surface area contributed by atoms with Gasteiger partial charge in [-0.2, -0.15) is 0 Å². The first-order valence-electron chi connectivity index (χ1n) is 10.9. The quantitative estimate of drug-likeness (QED) is 0.566. The van der Waals surface area contributed by atoms with Crippen LogP contribution in [0.15, 0.2) is 66.9 Å². The van der Waals surface area contributed by atoms with E-state index in [2.05, 4.69) is 16.8 Å². The van der Waals surface area contributed by atoms with Gasteiger partial charge in [-0.15, -0.1) is 0 Å². The van der Waals surface area contributed by atoms with Crippen LogP contribution in [0.5, 0.6) is 11.5 Å². The summed E-state index contributed by atoms with van der Waals surface area (Å²) in [4.78, 5) is 33.7. The summed E-state index contributed by atoms with van der Waals surface area (Å²) in [7, 11) is 3.16. The summed E-state index contributed by atoms with van der Waals surface area (Å²) in [6.07, 6.45) is 1.68. The van der Waals surface area contributed by atoms with E-state index in [1.54, 1.807) is 72.7 Å². The van der Waals surface area contributed by atoms with Gasteiger partial charge in [0.2, 0.25) is 0 Å². The van der Waals surface area contributed by atoms with Crippen molar-refractivity contribution in [1.29, 1.82) is 0 Å². The second kappa shape index (κ2) is 10.5. The van der Waals surface area contributed by atoms with E-state index < -0.39 is 0 Å². The number of carbonyl (C=O) groups excluding carboxylic acids is 2. The van der Waals surface area contributed by atoms with Gasteiger partial charge in [-0.25, -0.2) is 4.98 Å². The summed E-state index contributed by atoms with van der Waals surface area (Å²) >= 11 is 0. The maximum absolute atomic E-state index is 13.2. The van der Waals surface area contributed by atoms with Gasteiger partial charge in [-0.05, 0) is 60.5 Å². The second-order valence-electron chi connectivity index (χ2n) is 7.69. The largest absolute Gasteiger partial charge is 0.497 e. The lowest BCUT2D eigenvalue weighted by Crippen LogP contribution is -2.50. The van der Waals surface area contributed by atoms with Crippen LogP contribution in [0.25, 0.3) is 0 Å². The first-order chi connectivity index (χ1) is 16.6. The summed E-state index contributed by atoms with van der Waals surface area (Å²) in [5, 5.41) is 0. The molecule has 7 nitrogen and oxygen atoms in total. The molecule has 0 unspecified atom stereocenters. The number of carbonyl (C=O) groups is 2. The molecule has 34 heavy (non-hydrogen) atoms. The summed E-state index contributed by atoms with van der Waals surface area (Å²) in [6, 6.07) is 17.8. The van der Waals surface area contributed by atoms with Crippen molar-refractivity contribution in [2.45, 2.75) is 0 Å². The molecule has 0 saturated carbocycles. The predicted molar refractivity (Wildman–Crippen MR) is 128 cm³/mol. The molecule has 1 aliphatic rings. The highest BCUT2D eigenvalue weighted by atomic mass is 16.5. The van der Waals surface area contributed by atoms with Crippen LogP contribution in [0.2, 0.25) is 0 Å². The van der Waals surface area contributed by atoms with E-state index in [-0.39, 0.29) is 11.8 Å². The fourth-order valence-electron chi connectivity index (χ4n) is 3.72. The van der Waals surface area contributed by atoms with Gasteiger partial charge in [0.15, 0.2) is 0 Å². The first kappa shape index (κ1) is 22.9. The SMILES string of the molecule is COc1ccc(C(=O)N2CCN(C(=O)c3ccc(OC)c(C#Cc4ccccn4)c3)CC2)cc1. The van der Waals surface area contributed by atoms with E-state index in [0.29, 0.717) is 60.1 Å². The zero-order chi connectivity index (χ0) is 23.9. The minimum absolute atomic E-state index is 0.0497. The van der Waals surface area contributed by atoms with Gasteiger partial charge in [0, 0.05) is 43.5 Å². The highest BCUT2D eigenvalue weighted by Crippen LogP contribution is 2.21. The number of ether oxygens (including phenoxy) is 2. The molecule has 172 valence electrons. The van der Waals surface area contributed by atoms with Crippen LogP contribution in [0, 0.1) is 11.8 Å². The molecule has 0 atom stereocenters. The van der Waals surface area contributed by atoms with Crippen LogP contribution in [-0.4, -0.2) is 67.0 Å². The minimum Gasteiger partial charge on any atom is -0.497 e. The third-order valence-corrected chi connectivity index (χ3v) is 5.63. The van der Waals surface area contributed by atoms with Gasteiger partial charge < -0.3 is 19.3 Å². The van der Waals surface area contributed by atoms with Gasteiger partial charge in [0.05, 0.1) is 19.8 Å². The van der Waals surface area contributed by atoms with Crippen molar-refractivity contribution < 1.29 is 19.1 Å². The van der Waals surface area contributed by atoms with Crippen LogP contribution in [0.1, 0.15) is 32.0 Å². The van der Waals surface area contributed by atoms with Crippen molar-refractivity contribution in [3.8, 4) is 23.3 Å². The van der Waals surface area contributed by atoms with Crippen molar-refractivity contribution in [2.75, 3.05) is 40.4 Å². The molecule has 0 bridgehead atoms. The van der Waals surface area contributed by atoms with Crippen LogP contribution in [0.4, 0.5) is 0 Å². The maximum Gasteiger partial charge on any atom is 0.254 e. The van der Waals surface area contributed by atoms with Crippen LogP contribution in [-0.2, 0) is 0 Å². The monoisotopic (exact) mass is 455 g/mol. The average molecular weight is 456 g/mol. The lowest BCUT2D eigenvalue weighted by atomic mass is 10.1. The lowest BCUT2D eigenvalue weighted by Gasteiger charge is -2.35. The number of piperazine rings is 1. The van der Waals surface area contributed by atoms with Crippen molar-refractivity contribution >= 4 is 11.8 Å². The van der Waals surface area contributed by atoms with Crippen LogP contribution in [0.3, 0.4) is 0 Å². The molecule has 2 heterocycles. The summed E-state index contributed by atoms with van der Waals surface area (Å²) in [5.41, 5.74) is 2.39. The molecule has 2 aromatic carbocycles. The highest BCUT2D eigenvalue weighted by Gasteiger charge is 2.26. The maximum atomic E-state index is 13.2. The molecule has 3 aromatic rings. The molecule has 0 aliphatic carbocycles. The van der Waals surface area contributed by atoms with Crippen molar-refractivity contribution in [3.05, 3.63) is 89.2 Å². The topological polar surface area (TPSA) is 72.0 Å². The van der Waals surface area contributed by atoms with Gasteiger partial charge in [0.25, 0.3) is 11.8 Å². The molecule has 1 fully saturated rings. The number of hydrogen-bond donors (Lipinski definition) is 0. The molecule has 0 spiro atoms. The van der Waals surface area contributed by atoms with Crippen LogP contribution >= 0.6 is 0 Å². The molecule has 7 heteroatoms. The summed E-state index contributed by atoms with van der Waals surface area (Å²) < 4.78 is 10.6. The number of amides is 2. The van der Waals surface area contributed by atoms with E-state index in [9.17, 15) is 9.59 Å². The van der Waals surface area contributed by atoms with Crippen LogP contribution < -0.4 is 9.47 Å². The summed E-state index contributed by atoms with van der Waals surface area (Å²) in [5.74, 6) is 7.21. The number of hydrogen-bond acceptors (Lipinski definition) is 5. The Balaban J connectivity index is 1.43. The van der Waals surface area contributed by atoms with Gasteiger partial charge in [-0.3, -0.25) is 9.59 Å². The number of methoxy groups -OCH3 is 2. The normalized spacial score (nSPS) is 13.0. The highest BCUT2D eigenvalue weighted by molar-refractivity contribution is 5.96. The van der Waals surface area contributed by atoms with E-state index in [4.69, 9.17) is 9.47 Å². The number of pyridine rings is 1. The minimum atomic E-state index is -0.0971. The molecule has 2 amide bonds. The Labute approximate surface area is 198 Å². The molecule has 1 aromatic heterocycles. The fraction of sp³-hybridized carbons (Fsp3) is 0.222. The van der Waals surface area contributed by atoms with Crippen molar-refractivity contribution in [1.82, 2.24) is 14.8 Å². The number of benzene rings is 2. The van der Waals surface area contributed by atoms with Crippen molar-refractivity contribution in [2.24, 2.45) is 0 Å². The van der Waals surface area contributed by atoms with E-state index in [1.165, 1.54) is 0 Å².